The SMILES string of the molecule is CC(C)=C(c1ccc(C)cc1)c1ccc(C)cc1.C[CH-]C.Cc1ccc(C(C)(C)c2ccc(C)cc2)cc1.Cc1ccc([C-](C)C)cc1.Cc1ccc([CH-]c2ccc(C)cc2)cc1.[W].[W].[W].[Y]. The summed E-state index contributed by atoms with van der Waals surface area (Å²) in [6.45, 7) is 32.0. The molecule has 4 heteroatoms. The minimum atomic E-state index is 0. The molecule has 7 aromatic carbocycles. The van der Waals surface area contributed by atoms with Gasteiger partial charge in [-0.15, -0.1) is 53.9 Å². The minimum absolute atomic E-state index is 0. The molecule has 0 heterocycles. The van der Waals surface area contributed by atoms with Crippen molar-refractivity contribution in [3.05, 3.63) is 272 Å². The smallest absolute Gasteiger partial charge is 0.0146 e. The van der Waals surface area contributed by atoms with Crippen LogP contribution in [0.5, 0.6) is 0 Å². The molecule has 0 saturated heterocycles. The van der Waals surface area contributed by atoms with E-state index in [0.717, 1.165) is 0 Å². The molecule has 0 nitrogen and oxygen atoms in total. The van der Waals surface area contributed by atoms with Gasteiger partial charge in [0.1, 0.15) is 0 Å². The quantitative estimate of drug-likeness (QED) is 0.140. The summed E-state index contributed by atoms with van der Waals surface area (Å²) in [5, 5.41) is 0. The summed E-state index contributed by atoms with van der Waals surface area (Å²) in [4.78, 5) is 0. The molecular weight excluding hydrogens is 1400 g/mol. The van der Waals surface area contributed by atoms with Crippen molar-refractivity contribution in [1.82, 2.24) is 0 Å². The molecule has 0 bridgehead atoms. The summed E-state index contributed by atoms with van der Waals surface area (Å²) in [6, 6.07) is 60.9. The predicted octanol–water partition coefficient (Wildman–Crippen LogP) is 17.9. The molecule has 0 aliphatic rings. The molecule has 0 fully saturated rings. The van der Waals surface area contributed by atoms with E-state index in [1.807, 2.05) is 20.3 Å². The van der Waals surface area contributed by atoms with E-state index >= 15 is 0 Å². The molecule has 0 spiro atoms. The van der Waals surface area contributed by atoms with Gasteiger partial charge in [-0.2, -0.15) is 37.5 Å². The average molecular weight is 1470 g/mol. The van der Waals surface area contributed by atoms with E-state index in [0.29, 0.717) is 0 Å². The van der Waals surface area contributed by atoms with Crippen LogP contribution in [0.15, 0.2) is 175 Å². The fraction of sp³-hybridized carbons (Fsp3) is 0.254. The zero-order valence-electron chi connectivity index (χ0n) is 43.1. The van der Waals surface area contributed by atoms with Crippen molar-refractivity contribution in [2.45, 2.75) is 109 Å². The van der Waals surface area contributed by atoms with Crippen molar-refractivity contribution in [3.63, 3.8) is 0 Å². The Hall–Kier alpha value is -2.81. The molecule has 0 aliphatic heterocycles. The zero-order chi connectivity index (χ0) is 46.5. The van der Waals surface area contributed by atoms with Gasteiger partial charge in [0.05, 0.1) is 0 Å². The van der Waals surface area contributed by atoms with Gasteiger partial charge in [-0.25, -0.2) is 0 Å². The molecule has 67 heavy (non-hydrogen) atoms. The third-order valence-corrected chi connectivity index (χ3v) is 10.8. The molecule has 0 atom stereocenters. The maximum atomic E-state index is 2.28. The van der Waals surface area contributed by atoms with Crippen LogP contribution < -0.4 is 0 Å². The van der Waals surface area contributed by atoms with Crippen LogP contribution in [-0.2, 0) is 101 Å². The molecule has 0 unspecified atom stereocenters. The van der Waals surface area contributed by atoms with Gasteiger partial charge in [0.2, 0.25) is 0 Å². The van der Waals surface area contributed by atoms with Crippen LogP contribution in [0.3, 0.4) is 0 Å². The van der Waals surface area contributed by atoms with E-state index in [1.54, 1.807) is 0 Å². The van der Waals surface area contributed by atoms with Crippen molar-refractivity contribution in [2.75, 3.05) is 0 Å². The fourth-order valence-corrected chi connectivity index (χ4v) is 6.70. The second kappa shape index (κ2) is 34.5. The Morgan fingerprint density at radius 3 is 0.851 bits per heavy atom. The topological polar surface area (TPSA) is 0 Å². The van der Waals surface area contributed by atoms with Gasteiger partial charge < -0.3 is 6.42 Å². The minimum Gasteiger partial charge on any atom is -0.335 e. The second-order valence-electron chi connectivity index (χ2n) is 17.9. The third kappa shape index (κ3) is 24.0. The van der Waals surface area contributed by atoms with Crippen LogP contribution in [0.2, 0.25) is 0 Å². The number of allylic oxidation sites excluding steroid dienone is 1. The third-order valence-electron chi connectivity index (χ3n) is 10.8. The Kier molecular flexibility index (Phi) is 34.1. The Bertz CT molecular complexity index is 2230. The number of benzene rings is 7. The first-order chi connectivity index (χ1) is 29.9. The molecule has 0 aliphatic carbocycles. The molecule has 0 amide bonds. The monoisotopic (exact) mass is 1470 g/mol. The fourth-order valence-electron chi connectivity index (χ4n) is 6.70. The molecule has 0 saturated carbocycles. The number of rotatable bonds is 7. The normalized spacial score (nSPS) is 9.60. The van der Waals surface area contributed by atoms with Crippen molar-refractivity contribution in [3.8, 4) is 0 Å². The summed E-state index contributed by atoms with van der Waals surface area (Å²) in [6.07, 6.45) is 4.19. The van der Waals surface area contributed by atoms with Crippen LogP contribution in [0, 0.1) is 67.2 Å². The second-order valence-corrected chi connectivity index (χ2v) is 17.9. The van der Waals surface area contributed by atoms with E-state index in [4.69, 9.17) is 0 Å². The number of hydrogen-bond donors (Lipinski definition) is 0. The molecule has 0 aromatic heterocycles. The van der Waals surface area contributed by atoms with Gasteiger partial charge in [-0.05, 0) is 90.1 Å². The van der Waals surface area contributed by atoms with Gasteiger partial charge in [-0.1, -0.05) is 194 Å². The molecule has 7 aromatic rings. The van der Waals surface area contributed by atoms with Crippen molar-refractivity contribution in [2.24, 2.45) is 0 Å². The molecule has 0 N–H and O–H groups in total. The van der Waals surface area contributed by atoms with E-state index in [1.165, 1.54) is 95.0 Å². The van der Waals surface area contributed by atoms with Crippen LogP contribution in [-0.4, -0.2) is 0 Å². The van der Waals surface area contributed by atoms with Gasteiger partial charge in [0.25, 0.3) is 0 Å². The van der Waals surface area contributed by atoms with Crippen LogP contribution >= 0.6 is 0 Å². The Labute approximate surface area is 477 Å². The van der Waals surface area contributed by atoms with Crippen molar-refractivity contribution < 1.29 is 95.9 Å². The van der Waals surface area contributed by atoms with E-state index in [9.17, 15) is 0 Å². The maximum Gasteiger partial charge on any atom is 0.0146 e. The van der Waals surface area contributed by atoms with E-state index in [-0.39, 0.29) is 101 Å². The van der Waals surface area contributed by atoms with Crippen molar-refractivity contribution in [1.29, 1.82) is 0 Å². The largest absolute Gasteiger partial charge is 0.335 e. The van der Waals surface area contributed by atoms with Gasteiger partial charge >= 0.3 is 0 Å². The molecule has 351 valence electrons. The van der Waals surface area contributed by atoms with Gasteiger partial charge in [0, 0.05) is 101 Å². The number of hydrogen-bond acceptors (Lipinski definition) is 0. The predicted molar refractivity (Wildman–Crippen MR) is 280 cm³/mol. The van der Waals surface area contributed by atoms with Crippen molar-refractivity contribution >= 4 is 5.57 Å². The van der Waals surface area contributed by atoms with Crippen LogP contribution in [0.25, 0.3) is 5.57 Å². The zero-order valence-corrected chi connectivity index (χ0v) is 54.8. The van der Waals surface area contributed by atoms with Gasteiger partial charge in [-0.3, -0.25) is 0 Å². The van der Waals surface area contributed by atoms with Crippen LogP contribution in [0.4, 0.5) is 0 Å². The summed E-state index contributed by atoms with van der Waals surface area (Å²) in [5.74, 6) is 1.38. The first-order valence-electron chi connectivity index (χ1n) is 22.5. The Morgan fingerprint density at radius 2 is 0.612 bits per heavy atom. The van der Waals surface area contributed by atoms with E-state index < -0.39 is 0 Å². The summed E-state index contributed by atoms with van der Waals surface area (Å²) in [7, 11) is 0. The average Bonchev–Trinajstić information content (AvgIpc) is 3.25. The summed E-state index contributed by atoms with van der Waals surface area (Å²) in [5.41, 5.74) is 21.1. The molecular formula is C63H75W3Y-3. The molecule has 7 rings (SSSR count). The van der Waals surface area contributed by atoms with Crippen LogP contribution in [0.1, 0.15) is 133 Å². The summed E-state index contributed by atoms with van der Waals surface area (Å²) >= 11 is 0. The Balaban J connectivity index is 0. The Morgan fingerprint density at radius 1 is 0.388 bits per heavy atom. The first kappa shape index (κ1) is 66.3. The van der Waals surface area contributed by atoms with Gasteiger partial charge in [0.15, 0.2) is 0 Å². The number of aryl methyl sites for hydroxylation is 7. The standard InChI is InChI=1S/C18H20.C17H20.C15H15.C10H13.C3H7.3W.Y/c1-13(2)18(16-9-5-14(3)6-10-16)17-11-7-15(4)8-12-17;1-13-5-9-15(10-6-13)17(3,4)16-11-7-14(2)8-12-16;1-12-3-7-14(8-4-12)11-15-9-5-13(2)6-10-15;1-8(2)10-6-4-9(3)5-7-10;1-3-2;;;;/h5-12H,1-4H3;5-12H,1-4H3;3-11H,1-2H3;4-7H,1-3H3;3H,1-2H3;;;;/q;;3*-1;;;;. The first-order valence-corrected chi connectivity index (χ1v) is 22.5. The van der Waals surface area contributed by atoms with E-state index in [2.05, 4.69) is 266 Å². The molecule has 1 radical (unpaired) electrons. The summed E-state index contributed by atoms with van der Waals surface area (Å²) < 4.78 is 0. The maximum absolute atomic E-state index is 2.28.